The fourth-order valence-electron chi connectivity index (χ4n) is 2.97. The van der Waals surface area contributed by atoms with Gasteiger partial charge in [-0.1, -0.05) is 17.7 Å². The van der Waals surface area contributed by atoms with Gasteiger partial charge in [0.25, 0.3) is 0 Å². The van der Waals surface area contributed by atoms with Gasteiger partial charge < -0.3 is 14.6 Å². The summed E-state index contributed by atoms with van der Waals surface area (Å²) < 4.78 is 11.6. The molecule has 0 radical (unpaired) electrons. The summed E-state index contributed by atoms with van der Waals surface area (Å²) in [6.45, 7) is 1.40. The maximum absolute atomic E-state index is 13.0. The Morgan fingerprint density at radius 2 is 1.88 bits per heavy atom. The average molecular weight is 358 g/mol. The summed E-state index contributed by atoms with van der Waals surface area (Å²) >= 11 is 6.00. The van der Waals surface area contributed by atoms with Gasteiger partial charge in [0, 0.05) is 22.9 Å². The van der Waals surface area contributed by atoms with E-state index in [2.05, 4.69) is 0 Å². The summed E-state index contributed by atoms with van der Waals surface area (Å²) in [7, 11) is 0. The monoisotopic (exact) mass is 357 g/mol. The number of fused-ring (bicyclic) bond motifs is 2. The molecule has 0 saturated carbocycles. The highest BCUT2D eigenvalue weighted by Gasteiger charge is 2.26. The first-order valence-corrected chi connectivity index (χ1v) is 7.83. The third kappa shape index (κ3) is 2.34. The first-order chi connectivity index (χ1) is 12.0. The average Bonchev–Trinajstić information content (AvgIpc) is 3.14. The molecule has 1 N–H and O–H groups in total. The Hall–Kier alpha value is -2.99. The number of ether oxygens (including phenoxy) is 2. The largest absolute Gasteiger partial charge is 0.494 e. The summed E-state index contributed by atoms with van der Waals surface area (Å²) in [5.74, 6) is -0.243. The van der Waals surface area contributed by atoms with Crippen LogP contribution in [0, 0.1) is 0 Å². The second-order valence-electron chi connectivity index (χ2n) is 5.61. The molecule has 126 valence electrons. The summed E-state index contributed by atoms with van der Waals surface area (Å²) in [6.07, 6.45) is 0. The molecule has 3 aromatic rings. The van der Waals surface area contributed by atoms with Crippen LogP contribution in [0.1, 0.15) is 27.6 Å². The quantitative estimate of drug-likeness (QED) is 0.709. The van der Waals surface area contributed by atoms with Crippen molar-refractivity contribution in [2.24, 2.45) is 0 Å². The molecule has 1 aliphatic rings. The Bertz CT molecular complexity index is 1050. The van der Waals surface area contributed by atoms with Gasteiger partial charge in [-0.15, -0.1) is 0 Å². The molecule has 0 amide bonds. The number of carbonyl (C=O) groups is 2. The normalized spacial score (nSPS) is 12.6. The van der Waals surface area contributed by atoms with Crippen LogP contribution in [-0.2, 0) is 0 Å². The Labute approximate surface area is 147 Å². The highest BCUT2D eigenvalue weighted by atomic mass is 35.5. The molecule has 4 rings (SSSR count). The van der Waals surface area contributed by atoms with Gasteiger partial charge in [-0.25, -0.2) is 4.57 Å². The summed E-state index contributed by atoms with van der Waals surface area (Å²) in [4.78, 5) is 24.9. The van der Waals surface area contributed by atoms with Gasteiger partial charge in [0.05, 0.1) is 11.1 Å². The van der Waals surface area contributed by atoms with E-state index in [9.17, 15) is 14.7 Å². The summed E-state index contributed by atoms with van der Waals surface area (Å²) in [5, 5.41) is 11.4. The van der Waals surface area contributed by atoms with E-state index in [0.717, 1.165) is 4.57 Å². The first-order valence-electron chi connectivity index (χ1n) is 7.45. The Morgan fingerprint density at radius 3 is 2.64 bits per heavy atom. The van der Waals surface area contributed by atoms with E-state index in [1.54, 1.807) is 30.3 Å². The lowest BCUT2D eigenvalue weighted by Gasteiger charge is -2.03. The van der Waals surface area contributed by atoms with Crippen molar-refractivity contribution < 1.29 is 24.2 Å². The maximum Gasteiger partial charge on any atom is 0.231 e. The van der Waals surface area contributed by atoms with E-state index in [1.807, 2.05) is 0 Å². The van der Waals surface area contributed by atoms with Crippen molar-refractivity contribution in [1.29, 1.82) is 0 Å². The third-order valence-electron chi connectivity index (χ3n) is 4.08. The molecule has 1 aromatic heterocycles. The number of aromatic nitrogens is 1. The lowest BCUT2D eigenvalue weighted by molar-refractivity contribution is 0.0933. The molecular formula is C18H12ClNO5. The number of nitrogens with zero attached hydrogens (tertiary/aromatic N) is 1. The minimum absolute atomic E-state index is 0.0423. The molecular weight excluding hydrogens is 346 g/mol. The minimum Gasteiger partial charge on any atom is -0.494 e. The van der Waals surface area contributed by atoms with Crippen LogP contribution in [0.3, 0.4) is 0 Å². The van der Waals surface area contributed by atoms with E-state index >= 15 is 0 Å². The van der Waals surface area contributed by atoms with Gasteiger partial charge in [-0.05, 0) is 30.3 Å². The summed E-state index contributed by atoms with van der Waals surface area (Å²) in [5.41, 5.74) is 0.736. The van der Waals surface area contributed by atoms with Crippen molar-refractivity contribution in [3.05, 3.63) is 52.5 Å². The van der Waals surface area contributed by atoms with Crippen molar-refractivity contribution in [1.82, 2.24) is 4.57 Å². The first kappa shape index (κ1) is 15.5. The lowest BCUT2D eigenvalue weighted by Crippen LogP contribution is -2.06. The standard InChI is InChI=1S/C18H12ClNO5/c1-9(21)20-13-7-11(19)3-4-12(13)16(18(20)23)17(22)10-2-5-14-15(6-10)25-8-24-14/h2-7,23H,8H2,1H3. The van der Waals surface area contributed by atoms with Gasteiger partial charge >= 0.3 is 0 Å². The molecule has 0 spiro atoms. The predicted octanol–water partition coefficient (Wildman–Crippen LogP) is 3.62. The van der Waals surface area contributed by atoms with Gasteiger partial charge in [-0.2, -0.15) is 0 Å². The zero-order chi connectivity index (χ0) is 17.7. The number of hydrogen-bond acceptors (Lipinski definition) is 5. The van der Waals surface area contributed by atoms with Crippen molar-refractivity contribution in [3.63, 3.8) is 0 Å². The molecule has 1 aliphatic heterocycles. The van der Waals surface area contributed by atoms with E-state index in [0.29, 0.717) is 33.0 Å². The minimum atomic E-state index is -0.428. The molecule has 0 aliphatic carbocycles. The van der Waals surface area contributed by atoms with Crippen LogP contribution >= 0.6 is 11.6 Å². The highest BCUT2D eigenvalue weighted by molar-refractivity contribution is 6.31. The van der Waals surface area contributed by atoms with Crippen molar-refractivity contribution in [2.45, 2.75) is 6.92 Å². The SMILES string of the molecule is CC(=O)n1c(O)c(C(=O)c2ccc3c(c2)OCO3)c2ccc(Cl)cc21. The van der Waals surface area contributed by atoms with E-state index in [1.165, 1.54) is 13.0 Å². The molecule has 2 aromatic carbocycles. The number of benzene rings is 2. The van der Waals surface area contributed by atoms with Gasteiger partial charge in [-0.3, -0.25) is 9.59 Å². The van der Waals surface area contributed by atoms with Crippen molar-refractivity contribution in [3.8, 4) is 17.4 Å². The van der Waals surface area contributed by atoms with Crippen LogP contribution in [0.5, 0.6) is 17.4 Å². The van der Waals surface area contributed by atoms with Gasteiger partial charge in [0.15, 0.2) is 17.3 Å². The Morgan fingerprint density at radius 1 is 1.12 bits per heavy atom. The number of aromatic hydroxyl groups is 1. The number of carbonyl (C=O) groups excluding carboxylic acids is 2. The van der Waals surface area contributed by atoms with Crippen LogP contribution in [0.25, 0.3) is 10.9 Å². The zero-order valence-corrected chi connectivity index (χ0v) is 13.8. The zero-order valence-electron chi connectivity index (χ0n) is 13.1. The maximum atomic E-state index is 13.0. The van der Waals surface area contributed by atoms with Gasteiger partial charge in [0.1, 0.15) is 0 Å². The Balaban J connectivity index is 1.93. The molecule has 2 heterocycles. The fraction of sp³-hybridized carbons (Fsp3) is 0.111. The van der Waals surface area contributed by atoms with E-state index in [-0.39, 0.29) is 12.4 Å². The predicted molar refractivity (Wildman–Crippen MR) is 90.9 cm³/mol. The number of halogens is 1. The second-order valence-corrected chi connectivity index (χ2v) is 6.05. The van der Waals surface area contributed by atoms with Crippen LogP contribution in [-0.4, -0.2) is 28.2 Å². The highest BCUT2D eigenvalue weighted by Crippen LogP contribution is 2.37. The summed E-state index contributed by atoms with van der Waals surface area (Å²) in [6, 6.07) is 9.52. The lowest BCUT2D eigenvalue weighted by atomic mass is 10.0. The van der Waals surface area contributed by atoms with Crippen LogP contribution in [0.2, 0.25) is 5.02 Å². The van der Waals surface area contributed by atoms with E-state index in [4.69, 9.17) is 21.1 Å². The Kier molecular flexibility index (Phi) is 3.43. The molecule has 0 saturated heterocycles. The molecule has 0 atom stereocenters. The molecule has 0 fully saturated rings. The molecule has 6 nitrogen and oxygen atoms in total. The number of hydrogen-bond donors (Lipinski definition) is 1. The van der Waals surface area contributed by atoms with Crippen molar-refractivity contribution >= 4 is 34.2 Å². The van der Waals surface area contributed by atoms with Crippen LogP contribution in [0.15, 0.2) is 36.4 Å². The smallest absolute Gasteiger partial charge is 0.231 e. The second kappa shape index (κ2) is 5.53. The number of rotatable bonds is 2. The van der Waals surface area contributed by atoms with Gasteiger partial charge in [0.2, 0.25) is 18.6 Å². The fourth-order valence-corrected chi connectivity index (χ4v) is 3.14. The van der Waals surface area contributed by atoms with Crippen molar-refractivity contribution in [2.75, 3.05) is 6.79 Å². The van der Waals surface area contributed by atoms with Crippen LogP contribution < -0.4 is 9.47 Å². The number of ketones is 1. The molecule has 0 unspecified atom stereocenters. The van der Waals surface area contributed by atoms with Crippen LogP contribution in [0.4, 0.5) is 0 Å². The third-order valence-corrected chi connectivity index (χ3v) is 4.32. The molecule has 25 heavy (non-hydrogen) atoms. The van der Waals surface area contributed by atoms with E-state index < -0.39 is 17.6 Å². The topological polar surface area (TPSA) is 77.8 Å². The molecule has 0 bridgehead atoms. The molecule has 7 heteroatoms.